The highest BCUT2D eigenvalue weighted by atomic mass is 16.3. The van der Waals surface area contributed by atoms with Gasteiger partial charge >= 0.3 is 0 Å². The van der Waals surface area contributed by atoms with Crippen molar-refractivity contribution in [3.63, 3.8) is 0 Å². The van der Waals surface area contributed by atoms with Crippen molar-refractivity contribution < 1.29 is 4.42 Å². The van der Waals surface area contributed by atoms with Crippen molar-refractivity contribution in [3.05, 3.63) is 48.4 Å². The molecule has 0 spiro atoms. The largest absolute Gasteiger partial charge is 0.467 e. The molecule has 14 heavy (non-hydrogen) atoms. The zero-order chi connectivity index (χ0) is 9.80. The van der Waals surface area contributed by atoms with Gasteiger partial charge in [-0.2, -0.15) is 0 Å². The third-order valence-electron chi connectivity index (χ3n) is 2.17. The number of hydrogen-bond donors (Lipinski definition) is 1. The first-order valence-corrected chi connectivity index (χ1v) is 4.68. The fraction of sp³-hybridized carbons (Fsp3) is 0.167. The van der Waals surface area contributed by atoms with Crippen LogP contribution in [0, 0.1) is 0 Å². The van der Waals surface area contributed by atoms with Gasteiger partial charge in [-0.1, -0.05) is 30.3 Å². The Labute approximate surface area is 83.6 Å². The minimum absolute atomic E-state index is 0.761. The molecule has 0 radical (unpaired) electrons. The van der Waals surface area contributed by atoms with Gasteiger partial charge in [0.05, 0.1) is 12.8 Å². The van der Waals surface area contributed by atoms with E-state index in [2.05, 4.69) is 17.4 Å². The summed E-state index contributed by atoms with van der Waals surface area (Å²) in [6.07, 6.45) is 1.73. The highest BCUT2D eigenvalue weighted by molar-refractivity contribution is 5.65. The second kappa shape index (κ2) is 4.11. The van der Waals surface area contributed by atoms with E-state index in [-0.39, 0.29) is 0 Å². The summed E-state index contributed by atoms with van der Waals surface area (Å²) in [4.78, 5) is 0. The zero-order valence-electron chi connectivity index (χ0n) is 8.16. The number of nitrogens with one attached hydrogen (secondary N) is 1. The molecule has 0 saturated heterocycles. The van der Waals surface area contributed by atoms with Crippen LogP contribution in [0.3, 0.4) is 0 Å². The predicted octanol–water partition coefficient (Wildman–Crippen LogP) is 2.67. The minimum atomic E-state index is 0.761. The van der Waals surface area contributed by atoms with Crippen molar-refractivity contribution in [2.45, 2.75) is 6.54 Å². The summed E-state index contributed by atoms with van der Waals surface area (Å²) >= 11 is 0. The zero-order valence-corrected chi connectivity index (χ0v) is 8.16. The molecule has 1 aromatic heterocycles. The van der Waals surface area contributed by atoms with E-state index in [1.165, 1.54) is 11.1 Å². The van der Waals surface area contributed by atoms with Gasteiger partial charge in [0, 0.05) is 5.56 Å². The standard InChI is InChI=1S/C12H13NO/c1-13-9-12-11(7-8-14-12)10-5-3-2-4-6-10/h2-8,13H,9H2,1H3. The lowest BCUT2D eigenvalue weighted by molar-refractivity contribution is 0.497. The summed E-state index contributed by atoms with van der Waals surface area (Å²) in [7, 11) is 1.91. The molecule has 0 bridgehead atoms. The van der Waals surface area contributed by atoms with Gasteiger partial charge in [0.2, 0.25) is 0 Å². The van der Waals surface area contributed by atoms with Gasteiger partial charge in [0.15, 0.2) is 0 Å². The van der Waals surface area contributed by atoms with Crippen molar-refractivity contribution in [2.24, 2.45) is 0 Å². The summed E-state index contributed by atoms with van der Waals surface area (Å²) in [5.74, 6) is 0.985. The number of benzene rings is 1. The summed E-state index contributed by atoms with van der Waals surface area (Å²) in [6, 6.07) is 12.3. The maximum absolute atomic E-state index is 5.40. The Morgan fingerprint density at radius 1 is 1.14 bits per heavy atom. The molecule has 0 saturated carbocycles. The highest BCUT2D eigenvalue weighted by Crippen LogP contribution is 2.24. The SMILES string of the molecule is CNCc1occc1-c1ccccc1. The maximum atomic E-state index is 5.40. The van der Waals surface area contributed by atoms with Gasteiger partial charge in [0.25, 0.3) is 0 Å². The summed E-state index contributed by atoms with van der Waals surface area (Å²) in [5, 5.41) is 3.09. The monoisotopic (exact) mass is 187 g/mol. The molecule has 2 rings (SSSR count). The third-order valence-corrected chi connectivity index (χ3v) is 2.17. The topological polar surface area (TPSA) is 25.2 Å². The molecule has 0 aliphatic carbocycles. The summed E-state index contributed by atoms with van der Waals surface area (Å²) in [5.41, 5.74) is 2.37. The quantitative estimate of drug-likeness (QED) is 0.799. The highest BCUT2D eigenvalue weighted by Gasteiger charge is 2.06. The molecule has 2 nitrogen and oxygen atoms in total. The van der Waals surface area contributed by atoms with Crippen LogP contribution < -0.4 is 5.32 Å². The lowest BCUT2D eigenvalue weighted by Crippen LogP contribution is -2.04. The van der Waals surface area contributed by atoms with Gasteiger partial charge in [-0.15, -0.1) is 0 Å². The van der Waals surface area contributed by atoms with Crippen molar-refractivity contribution >= 4 is 0 Å². The molecule has 0 fully saturated rings. The van der Waals surface area contributed by atoms with E-state index in [9.17, 15) is 0 Å². The van der Waals surface area contributed by atoms with Crippen LogP contribution in [0.25, 0.3) is 11.1 Å². The third kappa shape index (κ3) is 1.70. The second-order valence-electron chi connectivity index (χ2n) is 3.15. The molecule has 0 aliphatic rings. The maximum Gasteiger partial charge on any atom is 0.125 e. The normalized spacial score (nSPS) is 10.4. The first-order chi connectivity index (χ1) is 6.92. The van der Waals surface area contributed by atoms with Crippen molar-refractivity contribution in [1.29, 1.82) is 0 Å². The average Bonchev–Trinajstić information content (AvgIpc) is 2.68. The molecule has 2 aromatic rings. The molecule has 0 unspecified atom stereocenters. The Kier molecular flexibility index (Phi) is 2.65. The van der Waals surface area contributed by atoms with E-state index < -0.39 is 0 Å². The Morgan fingerprint density at radius 2 is 1.93 bits per heavy atom. The van der Waals surface area contributed by atoms with Crippen molar-refractivity contribution in [1.82, 2.24) is 5.32 Å². The van der Waals surface area contributed by atoms with Gasteiger partial charge in [-0.05, 0) is 18.7 Å². The summed E-state index contributed by atoms with van der Waals surface area (Å²) in [6.45, 7) is 0.761. The molecule has 1 N–H and O–H groups in total. The first-order valence-electron chi connectivity index (χ1n) is 4.68. The van der Waals surface area contributed by atoms with E-state index in [1.54, 1.807) is 6.26 Å². The Bertz CT molecular complexity index is 392. The van der Waals surface area contributed by atoms with Gasteiger partial charge in [-0.25, -0.2) is 0 Å². The van der Waals surface area contributed by atoms with Gasteiger partial charge in [-0.3, -0.25) is 0 Å². The molecule has 1 heterocycles. The predicted molar refractivity (Wildman–Crippen MR) is 56.9 cm³/mol. The fourth-order valence-electron chi connectivity index (χ4n) is 1.51. The van der Waals surface area contributed by atoms with Crippen LogP contribution >= 0.6 is 0 Å². The molecular weight excluding hydrogens is 174 g/mol. The van der Waals surface area contributed by atoms with E-state index in [1.807, 2.05) is 31.3 Å². The van der Waals surface area contributed by atoms with Crippen LogP contribution in [0.1, 0.15) is 5.76 Å². The molecule has 0 atom stereocenters. The lowest BCUT2D eigenvalue weighted by atomic mass is 10.1. The Hall–Kier alpha value is -1.54. The second-order valence-corrected chi connectivity index (χ2v) is 3.15. The van der Waals surface area contributed by atoms with Crippen LogP contribution in [0.2, 0.25) is 0 Å². The van der Waals surface area contributed by atoms with E-state index in [4.69, 9.17) is 4.42 Å². The van der Waals surface area contributed by atoms with Crippen LogP contribution in [0.4, 0.5) is 0 Å². The number of rotatable bonds is 3. The molecule has 0 aliphatic heterocycles. The Morgan fingerprint density at radius 3 is 2.64 bits per heavy atom. The minimum Gasteiger partial charge on any atom is -0.467 e. The van der Waals surface area contributed by atoms with Crippen LogP contribution in [0.15, 0.2) is 47.1 Å². The molecule has 2 heteroatoms. The van der Waals surface area contributed by atoms with Crippen molar-refractivity contribution in [2.75, 3.05) is 7.05 Å². The van der Waals surface area contributed by atoms with Gasteiger partial charge < -0.3 is 9.73 Å². The Balaban J connectivity index is 2.37. The van der Waals surface area contributed by atoms with Gasteiger partial charge in [0.1, 0.15) is 5.76 Å². The van der Waals surface area contributed by atoms with Crippen LogP contribution in [-0.2, 0) is 6.54 Å². The van der Waals surface area contributed by atoms with E-state index in [0.29, 0.717) is 0 Å². The number of hydrogen-bond acceptors (Lipinski definition) is 2. The van der Waals surface area contributed by atoms with E-state index >= 15 is 0 Å². The molecule has 72 valence electrons. The van der Waals surface area contributed by atoms with Crippen LogP contribution in [-0.4, -0.2) is 7.05 Å². The first kappa shape index (κ1) is 9.03. The molecular formula is C12H13NO. The van der Waals surface area contributed by atoms with Crippen molar-refractivity contribution in [3.8, 4) is 11.1 Å². The van der Waals surface area contributed by atoms with E-state index in [0.717, 1.165) is 12.3 Å². The van der Waals surface area contributed by atoms with Crippen LogP contribution in [0.5, 0.6) is 0 Å². The molecule has 1 aromatic carbocycles. The lowest BCUT2D eigenvalue weighted by Gasteiger charge is -2.01. The smallest absolute Gasteiger partial charge is 0.125 e. The fourth-order valence-corrected chi connectivity index (χ4v) is 1.51. The summed E-state index contributed by atoms with van der Waals surface area (Å²) < 4.78 is 5.40. The molecule has 0 amide bonds. The average molecular weight is 187 g/mol. The number of furan rings is 1.